The summed E-state index contributed by atoms with van der Waals surface area (Å²) in [4.78, 5) is 15.6. The zero-order chi connectivity index (χ0) is 14.8. The summed E-state index contributed by atoms with van der Waals surface area (Å²) in [6, 6.07) is 9.62. The van der Waals surface area contributed by atoms with Crippen LogP contribution in [0.3, 0.4) is 0 Å². The molecule has 104 valence electrons. The van der Waals surface area contributed by atoms with Gasteiger partial charge < -0.3 is 5.32 Å². The van der Waals surface area contributed by atoms with Gasteiger partial charge in [-0.3, -0.25) is 9.78 Å². The van der Waals surface area contributed by atoms with E-state index in [0.29, 0.717) is 22.2 Å². The maximum atomic E-state index is 13.8. The van der Waals surface area contributed by atoms with Crippen LogP contribution in [-0.4, -0.2) is 28.1 Å². The first-order valence-corrected chi connectivity index (χ1v) is 6.29. The molecule has 21 heavy (non-hydrogen) atoms. The molecule has 0 saturated heterocycles. The number of aromatic nitrogens is 3. The summed E-state index contributed by atoms with van der Waals surface area (Å²) >= 11 is 0. The summed E-state index contributed by atoms with van der Waals surface area (Å²) in [5, 5.41) is 10.7. The van der Waals surface area contributed by atoms with Crippen molar-refractivity contribution in [2.45, 2.75) is 0 Å². The fourth-order valence-electron chi connectivity index (χ4n) is 1.99. The summed E-state index contributed by atoms with van der Waals surface area (Å²) in [7, 11) is 1.52. The molecule has 5 nitrogen and oxygen atoms in total. The van der Waals surface area contributed by atoms with Crippen LogP contribution in [0.2, 0.25) is 0 Å². The summed E-state index contributed by atoms with van der Waals surface area (Å²) in [5.74, 6) is -0.645. The number of carbonyl (C=O) groups is 1. The van der Waals surface area contributed by atoms with Crippen LogP contribution in [0, 0.1) is 5.82 Å². The van der Waals surface area contributed by atoms with E-state index in [-0.39, 0.29) is 17.4 Å². The zero-order valence-corrected chi connectivity index (χ0v) is 11.2. The van der Waals surface area contributed by atoms with Crippen molar-refractivity contribution in [1.29, 1.82) is 0 Å². The minimum Gasteiger partial charge on any atom is -0.354 e. The van der Waals surface area contributed by atoms with Crippen molar-refractivity contribution in [3.05, 3.63) is 54.1 Å². The van der Waals surface area contributed by atoms with Gasteiger partial charge in [-0.2, -0.15) is 0 Å². The first-order valence-electron chi connectivity index (χ1n) is 6.29. The average Bonchev–Trinajstić information content (AvgIpc) is 2.54. The van der Waals surface area contributed by atoms with Gasteiger partial charge in [-0.1, -0.05) is 6.07 Å². The summed E-state index contributed by atoms with van der Waals surface area (Å²) in [6.07, 6.45) is 1.60. The number of pyridine rings is 1. The van der Waals surface area contributed by atoms with Crippen molar-refractivity contribution in [2.24, 2.45) is 0 Å². The molecule has 1 amide bonds. The number of halogens is 1. The van der Waals surface area contributed by atoms with Crippen LogP contribution in [0.25, 0.3) is 22.2 Å². The van der Waals surface area contributed by atoms with Gasteiger partial charge in [-0.15, -0.1) is 10.2 Å². The molecule has 1 N–H and O–H groups in total. The van der Waals surface area contributed by atoms with E-state index >= 15 is 0 Å². The number of rotatable bonds is 2. The van der Waals surface area contributed by atoms with E-state index in [1.165, 1.54) is 13.1 Å². The molecule has 0 unspecified atom stereocenters. The molecular weight excluding hydrogens is 271 g/mol. The Balaban J connectivity index is 2.04. The third-order valence-corrected chi connectivity index (χ3v) is 3.09. The summed E-state index contributed by atoms with van der Waals surface area (Å²) in [6.45, 7) is 0. The highest BCUT2D eigenvalue weighted by molar-refractivity contribution is 5.92. The van der Waals surface area contributed by atoms with Gasteiger partial charge in [0.2, 0.25) is 0 Å². The van der Waals surface area contributed by atoms with Gasteiger partial charge in [0, 0.05) is 24.2 Å². The molecule has 3 aromatic rings. The lowest BCUT2D eigenvalue weighted by Gasteiger charge is -2.04. The van der Waals surface area contributed by atoms with Gasteiger partial charge in [0.1, 0.15) is 5.82 Å². The Kier molecular flexibility index (Phi) is 3.27. The number of benzene rings is 1. The highest BCUT2D eigenvalue weighted by atomic mass is 19.1. The van der Waals surface area contributed by atoms with Crippen LogP contribution in [0.15, 0.2) is 42.6 Å². The Hall–Kier alpha value is -2.89. The Morgan fingerprint density at radius 3 is 2.76 bits per heavy atom. The van der Waals surface area contributed by atoms with E-state index in [4.69, 9.17) is 0 Å². The number of hydrogen-bond acceptors (Lipinski definition) is 4. The normalized spacial score (nSPS) is 10.6. The third kappa shape index (κ3) is 2.43. The molecule has 0 aliphatic heterocycles. The number of carbonyl (C=O) groups excluding carboxylic acids is 1. The monoisotopic (exact) mass is 282 g/mol. The lowest BCUT2D eigenvalue weighted by molar-refractivity contribution is 0.0957. The van der Waals surface area contributed by atoms with Crippen LogP contribution in [0.4, 0.5) is 4.39 Å². The Bertz CT molecular complexity index is 818. The molecule has 0 spiro atoms. The molecule has 0 atom stereocenters. The molecule has 0 aliphatic carbocycles. The Labute approximate surface area is 119 Å². The van der Waals surface area contributed by atoms with Crippen LogP contribution in [-0.2, 0) is 0 Å². The molecule has 0 aliphatic rings. The highest BCUT2D eigenvalue weighted by Gasteiger charge is 2.09. The van der Waals surface area contributed by atoms with E-state index in [0.717, 1.165) is 0 Å². The van der Waals surface area contributed by atoms with E-state index in [9.17, 15) is 9.18 Å². The minimum absolute atomic E-state index is 0.223. The topological polar surface area (TPSA) is 67.8 Å². The van der Waals surface area contributed by atoms with Crippen LogP contribution in [0.5, 0.6) is 0 Å². The lowest BCUT2D eigenvalue weighted by atomic mass is 10.1. The Morgan fingerprint density at radius 2 is 2.05 bits per heavy atom. The number of amides is 1. The smallest absolute Gasteiger partial charge is 0.271 e. The molecule has 0 radical (unpaired) electrons. The molecule has 3 rings (SSSR count). The molecular formula is C15H11FN4O. The summed E-state index contributed by atoms with van der Waals surface area (Å²) < 4.78 is 13.8. The predicted octanol–water partition coefficient (Wildman–Crippen LogP) is 2.19. The summed E-state index contributed by atoms with van der Waals surface area (Å²) in [5.41, 5.74) is 1.97. The van der Waals surface area contributed by atoms with Gasteiger partial charge in [0.05, 0.1) is 11.2 Å². The van der Waals surface area contributed by atoms with Crippen molar-refractivity contribution in [1.82, 2.24) is 20.5 Å². The number of nitrogens with zero attached hydrogens (tertiary/aromatic N) is 3. The van der Waals surface area contributed by atoms with Crippen LogP contribution < -0.4 is 5.32 Å². The fraction of sp³-hybridized carbons (Fsp3) is 0.0667. The van der Waals surface area contributed by atoms with Crippen molar-refractivity contribution in [2.75, 3.05) is 7.05 Å². The van der Waals surface area contributed by atoms with E-state index < -0.39 is 0 Å². The second-order valence-corrected chi connectivity index (χ2v) is 4.41. The maximum Gasteiger partial charge on any atom is 0.271 e. The van der Waals surface area contributed by atoms with E-state index in [1.54, 1.807) is 36.5 Å². The van der Waals surface area contributed by atoms with Gasteiger partial charge in [0.15, 0.2) is 5.69 Å². The Morgan fingerprint density at radius 1 is 1.19 bits per heavy atom. The lowest BCUT2D eigenvalue weighted by Crippen LogP contribution is -2.19. The SMILES string of the molecule is CNC(=O)c1ccc(-c2cnc3cccc(F)c3c2)nn1. The molecule has 1 aromatic carbocycles. The van der Waals surface area contributed by atoms with Crippen molar-refractivity contribution >= 4 is 16.8 Å². The van der Waals surface area contributed by atoms with Crippen molar-refractivity contribution in [3.63, 3.8) is 0 Å². The minimum atomic E-state index is -0.336. The van der Waals surface area contributed by atoms with Gasteiger partial charge >= 0.3 is 0 Å². The number of hydrogen-bond donors (Lipinski definition) is 1. The molecule has 0 saturated carbocycles. The van der Waals surface area contributed by atoms with Gasteiger partial charge in [-0.25, -0.2) is 4.39 Å². The second kappa shape index (κ2) is 5.24. The fourth-order valence-corrected chi connectivity index (χ4v) is 1.99. The number of nitrogens with one attached hydrogen (secondary N) is 1. The van der Waals surface area contributed by atoms with Gasteiger partial charge in [-0.05, 0) is 30.3 Å². The van der Waals surface area contributed by atoms with Crippen LogP contribution >= 0.6 is 0 Å². The van der Waals surface area contributed by atoms with Gasteiger partial charge in [0.25, 0.3) is 5.91 Å². The molecule has 2 aromatic heterocycles. The second-order valence-electron chi connectivity index (χ2n) is 4.41. The highest BCUT2D eigenvalue weighted by Crippen LogP contribution is 2.22. The van der Waals surface area contributed by atoms with E-state index in [2.05, 4.69) is 20.5 Å². The van der Waals surface area contributed by atoms with E-state index in [1.807, 2.05) is 0 Å². The maximum absolute atomic E-state index is 13.8. The molecule has 6 heteroatoms. The average molecular weight is 282 g/mol. The predicted molar refractivity (Wildman–Crippen MR) is 76.1 cm³/mol. The standard InChI is InChI=1S/C15H11FN4O/c1-17-15(21)14-6-5-12(19-20-14)9-7-10-11(16)3-2-4-13(10)18-8-9/h2-8H,1H3,(H,17,21). The first-order chi connectivity index (χ1) is 10.2. The largest absolute Gasteiger partial charge is 0.354 e. The third-order valence-electron chi connectivity index (χ3n) is 3.09. The molecule has 0 fully saturated rings. The molecule has 0 bridgehead atoms. The zero-order valence-electron chi connectivity index (χ0n) is 11.2. The van der Waals surface area contributed by atoms with Crippen molar-refractivity contribution in [3.8, 4) is 11.3 Å². The quantitative estimate of drug-likeness (QED) is 0.782. The number of fused-ring (bicyclic) bond motifs is 1. The van der Waals surface area contributed by atoms with Crippen LogP contribution in [0.1, 0.15) is 10.5 Å². The first kappa shape index (κ1) is 13.1. The molecule has 2 heterocycles. The van der Waals surface area contributed by atoms with Crippen molar-refractivity contribution < 1.29 is 9.18 Å².